The quantitative estimate of drug-likeness (QED) is 0.615. The van der Waals surface area contributed by atoms with E-state index in [4.69, 9.17) is 4.18 Å². The number of nitrogens with one attached hydrogen (secondary N) is 1. The fourth-order valence-corrected chi connectivity index (χ4v) is 4.52. The second kappa shape index (κ2) is 7.65. The smallest absolute Gasteiger partial charge is 0.339 e. The van der Waals surface area contributed by atoms with Crippen LogP contribution in [-0.4, -0.2) is 16.8 Å². The number of hydrogen-bond donors (Lipinski definition) is 1. The average Bonchev–Trinajstić information content (AvgIpc) is 2.64. The zero-order chi connectivity index (χ0) is 20.4. The lowest BCUT2D eigenvalue weighted by Crippen LogP contribution is -2.15. The summed E-state index contributed by atoms with van der Waals surface area (Å²) in [5.74, 6) is 0.171. The van der Waals surface area contributed by atoms with Crippen LogP contribution in [0.3, 0.4) is 0 Å². The van der Waals surface area contributed by atoms with E-state index in [0.29, 0.717) is 5.56 Å². The average molecular weight is 418 g/mol. The van der Waals surface area contributed by atoms with E-state index in [2.05, 4.69) is 4.72 Å². The molecule has 0 heterocycles. The van der Waals surface area contributed by atoms with Gasteiger partial charge in [-0.3, -0.25) is 4.72 Å². The number of para-hydroxylation sites is 1. The lowest BCUT2D eigenvalue weighted by atomic mass is 10.2. The first-order valence-electron chi connectivity index (χ1n) is 8.37. The van der Waals surface area contributed by atoms with E-state index in [-0.39, 0.29) is 21.2 Å². The van der Waals surface area contributed by atoms with Gasteiger partial charge in [0.2, 0.25) is 0 Å². The van der Waals surface area contributed by atoms with E-state index in [1.54, 1.807) is 37.3 Å². The van der Waals surface area contributed by atoms with Crippen molar-refractivity contribution in [3.8, 4) is 5.75 Å². The summed E-state index contributed by atoms with van der Waals surface area (Å²) in [6.45, 7) is 3.54. The highest BCUT2D eigenvalue weighted by Gasteiger charge is 2.20. The summed E-state index contributed by atoms with van der Waals surface area (Å²) < 4.78 is 57.9. The van der Waals surface area contributed by atoms with Gasteiger partial charge in [-0.05, 0) is 55.8 Å². The summed E-state index contributed by atoms with van der Waals surface area (Å²) in [6, 6.07) is 18.6. The van der Waals surface area contributed by atoms with E-state index >= 15 is 0 Å². The lowest BCUT2D eigenvalue weighted by Gasteiger charge is -2.13. The molecule has 0 aliphatic rings. The molecule has 3 aromatic carbocycles. The van der Waals surface area contributed by atoms with Gasteiger partial charge in [-0.2, -0.15) is 8.42 Å². The minimum absolute atomic E-state index is 0.0892. The number of rotatable bonds is 6. The molecule has 0 aliphatic carbocycles. The molecular weight excluding hydrogens is 398 g/mol. The third-order valence-electron chi connectivity index (χ3n) is 4.02. The van der Waals surface area contributed by atoms with Gasteiger partial charge in [0.1, 0.15) is 10.6 Å². The highest BCUT2D eigenvalue weighted by atomic mass is 32.2. The van der Waals surface area contributed by atoms with Crippen LogP contribution in [0.1, 0.15) is 11.1 Å². The molecule has 6 nitrogen and oxygen atoms in total. The van der Waals surface area contributed by atoms with Gasteiger partial charge in [-0.1, -0.05) is 42.0 Å². The molecule has 0 saturated heterocycles. The Morgan fingerprint density at radius 2 is 1.36 bits per heavy atom. The monoisotopic (exact) mass is 417 g/mol. The van der Waals surface area contributed by atoms with Gasteiger partial charge < -0.3 is 4.18 Å². The molecule has 0 saturated carbocycles. The molecule has 8 heteroatoms. The zero-order valence-corrected chi connectivity index (χ0v) is 16.9. The van der Waals surface area contributed by atoms with Crippen LogP contribution in [0.5, 0.6) is 5.75 Å². The number of anilines is 1. The van der Waals surface area contributed by atoms with Gasteiger partial charge in [0.05, 0.1) is 10.6 Å². The van der Waals surface area contributed by atoms with E-state index in [1.807, 2.05) is 6.92 Å². The SMILES string of the molecule is Cc1ccc(S(=O)(=O)Nc2cc(S(=O)(=O)Oc3ccccc3)ccc2C)cc1. The van der Waals surface area contributed by atoms with Gasteiger partial charge in [0, 0.05) is 0 Å². The number of sulfonamides is 1. The molecule has 0 fully saturated rings. The summed E-state index contributed by atoms with van der Waals surface area (Å²) >= 11 is 0. The van der Waals surface area contributed by atoms with Gasteiger partial charge in [0.15, 0.2) is 0 Å². The van der Waals surface area contributed by atoms with Gasteiger partial charge in [-0.15, -0.1) is 0 Å². The lowest BCUT2D eigenvalue weighted by molar-refractivity contribution is 0.486. The van der Waals surface area contributed by atoms with Gasteiger partial charge in [-0.25, -0.2) is 8.42 Å². The number of aryl methyl sites for hydroxylation is 2. The maximum absolute atomic E-state index is 12.6. The molecule has 0 spiro atoms. The molecule has 0 atom stereocenters. The summed E-state index contributed by atoms with van der Waals surface area (Å²) in [4.78, 5) is -0.0603. The molecule has 146 valence electrons. The third kappa shape index (κ3) is 4.52. The van der Waals surface area contributed by atoms with E-state index in [0.717, 1.165) is 5.56 Å². The minimum atomic E-state index is -4.11. The van der Waals surface area contributed by atoms with E-state index in [9.17, 15) is 16.8 Å². The van der Waals surface area contributed by atoms with Crippen LogP contribution in [0.15, 0.2) is 82.6 Å². The van der Waals surface area contributed by atoms with Crippen LogP contribution >= 0.6 is 0 Å². The molecular formula is C20H19NO5S2. The fourth-order valence-electron chi connectivity index (χ4n) is 2.44. The Morgan fingerprint density at radius 1 is 0.750 bits per heavy atom. The van der Waals surface area contributed by atoms with Crippen molar-refractivity contribution in [2.45, 2.75) is 23.6 Å². The van der Waals surface area contributed by atoms with Crippen LogP contribution in [0.2, 0.25) is 0 Å². The van der Waals surface area contributed by atoms with Crippen LogP contribution in [0, 0.1) is 13.8 Å². The van der Waals surface area contributed by atoms with Crippen molar-refractivity contribution in [2.75, 3.05) is 4.72 Å². The molecule has 28 heavy (non-hydrogen) atoms. The van der Waals surface area contributed by atoms with E-state index in [1.165, 1.54) is 42.5 Å². The normalized spacial score (nSPS) is 11.8. The Morgan fingerprint density at radius 3 is 2.00 bits per heavy atom. The molecule has 1 N–H and O–H groups in total. The van der Waals surface area contributed by atoms with Crippen LogP contribution in [-0.2, 0) is 20.1 Å². The van der Waals surface area contributed by atoms with Crippen molar-refractivity contribution < 1.29 is 21.0 Å². The molecule has 0 radical (unpaired) electrons. The summed E-state index contributed by atoms with van der Waals surface area (Å²) in [6.07, 6.45) is 0. The maximum atomic E-state index is 12.6. The van der Waals surface area contributed by atoms with Crippen molar-refractivity contribution in [3.05, 3.63) is 83.9 Å². The number of hydrogen-bond acceptors (Lipinski definition) is 5. The van der Waals surface area contributed by atoms with Crippen LogP contribution < -0.4 is 8.91 Å². The first-order valence-corrected chi connectivity index (χ1v) is 11.3. The second-order valence-corrected chi connectivity index (χ2v) is 9.47. The molecule has 0 aromatic heterocycles. The Balaban J connectivity index is 1.92. The highest BCUT2D eigenvalue weighted by molar-refractivity contribution is 7.92. The molecule has 3 aromatic rings. The molecule has 0 amide bonds. The largest absolute Gasteiger partial charge is 0.379 e. The fraction of sp³-hybridized carbons (Fsp3) is 0.100. The second-order valence-electron chi connectivity index (χ2n) is 6.25. The standard InChI is InChI=1S/C20H19NO5S2/c1-15-8-11-18(12-9-15)27(22,23)21-20-14-19(13-10-16(20)2)28(24,25)26-17-6-4-3-5-7-17/h3-14,21H,1-2H3. The zero-order valence-electron chi connectivity index (χ0n) is 15.3. The van der Waals surface area contributed by atoms with Crippen molar-refractivity contribution >= 4 is 25.8 Å². The Kier molecular flexibility index (Phi) is 5.44. The van der Waals surface area contributed by atoms with Crippen molar-refractivity contribution in [1.82, 2.24) is 0 Å². The van der Waals surface area contributed by atoms with Crippen molar-refractivity contribution in [2.24, 2.45) is 0 Å². The van der Waals surface area contributed by atoms with Crippen molar-refractivity contribution in [3.63, 3.8) is 0 Å². The molecule has 3 rings (SSSR count). The Bertz CT molecular complexity index is 1190. The first kappa shape index (κ1) is 19.9. The summed E-state index contributed by atoms with van der Waals surface area (Å²) in [5, 5.41) is 0. The Labute approximate surface area is 165 Å². The predicted octanol–water partition coefficient (Wildman–Crippen LogP) is 3.87. The van der Waals surface area contributed by atoms with Gasteiger partial charge >= 0.3 is 10.1 Å². The predicted molar refractivity (Wildman–Crippen MR) is 107 cm³/mol. The van der Waals surface area contributed by atoms with E-state index < -0.39 is 20.1 Å². The third-order valence-corrected chi connectivity index (χ3v) is 6.65. The summed E-state index contributed by atoms with van der Waals surface area (Å²) in [7, 11) is -7.97. The topological polar surface area (TPSA) is 89.5 Å². The van der Waals surface area contributed by atoms with Crippen LogP contribution in [0.4, 0.5) is 5.69 Å². The minimum Gasteiger partial charge on any atom is -0.379 e. The van der Waals surface area contributed by atoms with Crippen LogP contribution in [0.25, 0.3) is 0 Å². The Hall–Kier alpha value is -2.84. The molecule has 0 bridgehead atoms. The number of benzene rings is 3. The summed E-state index contributed by atoms with van der Waals surface area (Å²) in [5.41, 5.74) is 1.67. The highest BCUT2D eigenvalue weighted by Crippen LogP contribution is 2.25. The van der Waals surface area contributed by atoms with Gasteiger partial charge in [0.25, 0.3) is 10.0 Å². The van der Waals surface area contributed by atoms with Crippen molar-refractivity contribution in [1.29, 1.82) is 0 Å². The molecule has 0 aliphatic heterocycles. The first-order chi connectivity index (χ1) is 13.2. The molecule has 0 unspecified atom stereocenters. The maximum Gasteiger partial charge on any atom is 0.339 e.